The summed E-state index contributed by atoms with van der Waals surface area (Å²) in [5.74, 6) is 1.02. The SMILES string of the molecule is CCNc1nc(N)cc(Br)n1. The summed E-state index contributed by atoms with van der Waals surface area (Å²) < 4.78 is 0.695. The monoisotopic (exact) mass is 216 g/mol. The van der Waals surface area contributed by atoms with Gasteiger partial charge in [-0.2, -0.15) is 4.98 Å². The molecular formula is C6H9BrN4. The maximum atomic E-state index is 5.47. The van der Waals surface area contributed by atoms with Gasteiger partial charge in [-0.1, -0.05) is 0 Å². The average molecular weight is 217 g/mol. The normalized spacial score (nSPS) is 9.64. The molecule has 4 nitrogen and oxygen atoms in total. The Bertz CT molecular complexity index is 230. The molecule has 1 heterocycles. The number of anilines is 2. The Morgan fingerprint density at radius 2 is 2.36 bits per heavy atom. The fourth-order valence-corrected chi connectivity index (χ4v) is 1.07. The summed E-state index contributed by atoms with van der Waals surface area (Å²) >= 11 is 3.21. The molecule has 3 N–H and O–H groups in total. The minimum atomic E-state index is 0.461. The highest BCUT2D eigenvalue weighted by atomic mass is 79.9. The van der Waals surface area contributed by atoms with Crippen molar-refractivity contribution in [2.75, 3.05) is 17.6 Å². The van der Waals surface area contributed by atoms with E-state index in [1.54, 1.807) is 6.07 Å². The van der Waals surface area contributed by atoms with Crippen LogP contribution in [0.25, 0.3) is 0 Å². The molecule has 0 fully saturated rings. The van der Waals surface area contributed by atoms with Crippen molar-refractivity contribution in [1.82, 2.24) is 9.97 Å². The highest BCUT2D eigenvalue weighted by Crippen LogP contribution is 2.11. The van der Waals surface area contributed by atoms with Crippen molar-refractivity contribution in [1.29, 1.82) is 0 Å². The van der Waals surface area contributed by atoms with Crippen molar-refractivity contribution in [2.45, 2.75) is 6.92 Å². The van der Waals surface area contributed by atoms with Gasteiger partial charge in [0.1, 0.15) is 10.4 Å². The summed E-state index contributed by atoms with van der Waals surface area (Å²) in [6.07, 6.45) is 0. The fraction of sp³-hybridized carbons (Fsp3) is 0.333. The maximum Gasteiger partial charge on any atom is 0.225 e. The molecule has 60 valence electrons. The third-order valence-corrected chi connectivity index (χ3v) is 1.46. The van der Waals surface area contributed by atoms with E-state index >= 15 is 0 Å². The number of rotatable bonds is 2. The van der Waals surface area contributed by atoms with Crippen molar-refractivity contribution < 1.29 is 0 Å². The first-order chi connectivity index (χ1) is 5.22. The van der Waals surface area contributed by atoms with Crippen LogP contribution >= 0.6 is 15.9 Å². The fourth-order valence-electron chi connectivity index (χ4n) is 0.672. The van der Waals surface area contributed by atoms with Gasteiger partial charge in [0.05, 0.1) is 0 Å². The van der Waals surface area contributed by atoms with E-state index in [2.05, 4.69) is 31.2 Å². The molecule has 1 aromatic rings. The number of nitrogens with two attached hydrogens (primary N) is 1. The van der Waals surface area contributed by atoms with E-state index in [9.17, 15) is 0 Å². The summed E-state index contributed by atoms with van der Waals surface area (Å²) in [4.78, 5) is 7.99. The third kappa shape index (κ3) is 2.34. The van der Waals surface area contributed by atoms with E-state index in [1.807, 2.05) is 6.92 Å². The second-order valence-corrected chi connectivity index (χ2v) is 2.78. The van der Waals surface area contributed by atoms with Crippen LogP contribution in [0.5, 0.6) is 0 Å². The number of nitrogen functional groups attached to an aromatic ring is 1. The van der Waals surface area contributed by atoms with E-state index < -0.39 is 0 Å². The minimum Gasteiger partial charge on any atom is -0.383 e. The van der Waals surface area contributed by atoms with Crippen LogP contribution in [0, 0.1) is 0 Å². The Morgan fingerprint density at radius 3 is 2.91 bits per heavy atom. The van der Waals surface area contributed by atoms with Crippen molar-refractivity contribution >= 4 is 27.7 Å². The van der Waals surface area contributed by atoms with Gasteiger partial charge in [0.2, 0.25) is 5.95 Å². The first kappa shape index (κ1) is 8.26. The summed E-state index contributed by atoms with van der Waals surface area (Å²) in [5, 5.41) is 2.96. The molecule has 0 bridgehead atoms. The molecule has 1 rings (SSSR count). The molecule has 0 atom stereocenters. The van der Waals surface area contributed by atoms with Crippen molar-refractivity contribution in [2.24, 2.45) is 0 Å². The van der Waals surface area contributed by atoms with Crippen molar-refractivity contribution in [3.8, 4) is 0 Å². The molecule has 0 saturated heterocycles. The lowest BCUT2D eigenvalue weighted by molar-refractivity contribution is 1.08. The lowest BCUT2D eigenvalue weighted by atomic mass is 10.6. The zero-order chi connectivity index (χ0) is 8.27. The number of hydrogen-bond donors (Lipinski definition) is 2. The van der Waals surface area contributed by atoms with Crippen LogP contribution < -0.4 is 11.1 Å². The van der Waals surface area contributed by atoms with Crippen LogP contribution in [0.3, 0.4) is 0 Å². The molecule has 1 aromatic heterocycles. The molecule has 5 heteroatoms. The van der Waals surface area contributed by atoms with E-state index in [-0.39, 0.29) is 0 Å². The van der Waals surface area contributed by atoms with Crippen LogP contribution in [0.15, 0.2) is 10.7 Å². The molecule has 0 spiro atoms. The summed E-state index contributed by atoms with van der Waals surface area (Å²) in [7, 11) is 0. The lowest BCUT2D eigenvalue weighted by Crippen LogP contribution is -2.03. The predicted octanol–water partition coefficient (Wildman–Crippen LogP) is 1.25. The summed E-state index contributed by atoms with van der Waals surface area (Å²) in [5.41, 5.74) is 5.47. The van der Waals surface area contributed by atoms with Gasteiger partial charge in [-0.3, -0.25) is 0 Å². The van der Waals surface area contributed by atoms with Gasteiger partial charge in [-0.05, 0) is 22.9 Å². The molecule has 0 aliphatic rings. The smallest absolute Gasteiger partial charge is 0.225 e. The van der Waals surface area contributed by atoms with E-state index in [4.69, 9.17) is 5.73 Å². The zero-order valence-corrected chi connectivity index (χ0v) is 7.72. The standard InChI is InChI=1S/C6H9BrN4/c1-2-9-6-10-4(7)3-5(8)11-6/h3H,2H2,1H3,(H3,8,9,10,11). The number of nitrogens with zero attached hydrogens (tertiary/aromatic N) is 2. The highest BCUT2D eigenvalue weighted by molar-refractivity contribution is 9.10. The molecule has 11 heavy (non-hydrogen) atoms. The van der Waals surface area contributed by atoms with E-state index in [0.717, 1.165) is 6.54 Å². The molecule has 0 amide bonds. The van der Waals surface area contributed by atoms with Crippen molar-refractivity contribution in [3.05, 3.63) is 10.7 Å². The molecular weight excluding hydrogens is 208 g/mol. The number of halogens is 1. The summed E-state index contributed by atoms with van der Waals surface area (Å²) in [6, 6.07) is 1.65. The second kappa shape index (κ2) is 3.52. The van der Waals surface area contributed by atoms with E-state index in [0.29, 0.717) is 16.4 Å². The molecule has 0 aliphatic heterocycles. The van der Waals surface area contributed by atoms with Crippen LogP contribution in [-0.2, 0) is 0 Å². The highest BCUT2D eigenvalue weighted by Gasteiger charge is 1.97. The topological polar surface area (TPSA) is 63.8 Å². The zero-order valence-electron chi connectivity index (χ0n) is 6.13. The quantitative estimate of drug-likeness (QED) is 0.731. The molecule has 0 aromatic carbocycles. The van der Waals surface area contributed by atoms with Gasteiger partial charge in [0.25, 0.3) is 0 Å². The summed E-state index contributed by atoms with van der Waals surface area (Å²) in [6.45, 7) is 2.76. The molecule has 0 saturated carbocycles. The Labute approximate surface area is 73.4 Å². The number of aromatic nitrogens is 2. The lowest BCUT2D eigenvalue weighted by Gasteiger charge is -2.01. The van der Waals surface area contributed by atoms with Gasteiger partial charge < -0.3 is 11.1 Å². The van der Waals surface area contributed by atoms with E-state index in [1.165, 1.54) is 0 Å². The number of nitrogens with one attached hydrogen (secondary N) is 1. The first-order valence-corrected chi connectivity index (χ1v) is 4.05. The molecule has 0 unspecified atom stereocenters. The molecule has 0 radical (unpaired) electrons. The van der Waals surface area contributed by atoms with Crippen LogP contribution in [-0.4, -0.2) is 16.5 Å². The average Bonchev–Trinajstić information content (AvgIpc) is 1.85. The van der Waals surface area contributed by atoms with Gasteiger partial charge in [0, 0.05) is 12.6 Å². The van der Waals surface area contributed by atoms with Crippen LogP contribution in [0.1, 0.15) is 6.92 Å². The van der Waals surface area contributed by atoms with Crippen molar-refractivity contribution in [3.63, 3.8) is 0 Å². The van der Waals surface area contributed by atoms with Gasteiger partial charge in [-0.25, -0.2) is 4.98 Å². The predicted molar refractivity (Wildman–Crippen MR) is 48.3 cm³/mol. The molecule has 0 aliphatic carbocycles. The first-order valence-electron chi connectivity index (χ1n) is 3.26. The largest absolute Gasteiger partial charge is 0.383 e. The van der Waals surface area contributed by atoms with Gasteiger partial charge >= 0.3 is 0 Å². The third-order valence-electron chi connectivity index (χ3n) is 1.05. The Morgan fingerprint density at radius 1 is 1.64 bits per heavy atom. The second-order valence-electron chi connectivity index (χ2n) is 1.97. The van der Waals surface area contributed by atoms with Gasteiger partial charge in [0.15, 0.2) is 0 Å². The minimum absolute atomic E-state index is 0.461. The number of hydrogen-bond acceptors (Lipinski definition) is 4. The Kier molecular flexibility index (Phi) is 2.64. The van der Waals surface area contributed by atoms with Gasteiger partial charge in [-0.15, -0.1) is 0 Å². The maximum absolute atomic E-state index is 5.47. The Hall–Kier alpha value is -0.840. The van der Waals surface area contributed by atoms with Crippen LogP contribution in [0.4, 0.5) is 11.8 Å². The van der Waals surface area contributed by atoms with Crippen LogP contribution in [0.2, 0.25) is 0 Å². The Balaban J connectivity index is 2.89.